The second-order valence-electron chi connectivity index (χ2n) is 4.86. The Balaban J connectivity index is 2.12. The van der Waals surface area contributed by atoms with Crippen molar-refractivity contribution in [3.05, 3.63) is 70.4 Å². The van der Waals surface area contributed by atoms with Crippen LogP contribution in [0.25, 0.3) is 10.9 Å². The summed E-state index contributed by atoms with van der Waals surface area (Å²) in [5.41, 5.74) is 7.82. The number of nitrogens with two attached hydrogens (primary N) is 1. The molecular formula is C16H13ClF2N2. The van der Waals surface area contributed by atoms with Crippen LogP contribution in [0.4, 0.5) is 8.78 Å². The van der Waals surface area contributed by atoms with E-state index in [0.29, 0.717) is 11.6 Å². The number of aromatic nitrogens is 1. The van der Waals surface area contributed by atoms with Crippen LogP contribution < -0.4 is 5.73 Å². The lowest BCUT2D eigenvalue weighted by Gasteiger charge is -2.07. The number of hydrogen-bond donors (Lipinski definition) is 1. The number of nitrogens with zero attached hydrogens (tertiary/aromatic N) is 1. The average Bonchev–Trinajstić information content (AvgIpc) is 2.81. The normalized spacial score (nSPS) is 11.2. The van der Waals surface area contributed by atoms with Gasteiger partial charge in [-0.2, -0.15) is 0 Å². The van der Waals surface area contributed by atoms with Gasteiger partial charge in [0.25, 0.3) is 0 Å². The molecule has 2 nitrogen and oxygen atoms in total. The Hall–Kier alpha value is -1.91. The third kappa shape index (κ3) is 2.52. The maximum atomic E-state index is 13.8. The van der Waals surface area contributed by atoms with Crippen molar-refractivity contribution in [3.63, 3.8) is 0 Å². The summed E-state index contributed by atoms with van der Waals surface area (Å²) in [6.07, 6.45) is 1.85. The van der Waals surface area contributed by atoms with Crippen molar-refractivity contribution >= 4 is 22.5 Å². The highest BCUT2D eigenvalue weighted by Crippen LogP contribution is 2.26. The summed E-state index contributed by atoms with van der Waals surface area (Å²) in [5, 5.41) is 1.56. The molecule has 0 aliphatic carbocycles. The molecule has 0 aliphatic rings. The van der Waals surface area contributed by atoms with Gasteiger partial charge in [0.1, 0.15) is 0 Å². The predicted octanol–water partition coefficient (Wildman–Crippen LogP) is 4.08. The minimum Gasteiger partial charge on any atom is -0.343 e. The van der Waals surface area contributed by atoms with Gasteiger partial charge in [0.15, 0.2) is 11.6 Å². The number of halogens is 3. The molecule has 0 radical (unpaired) electrons. The highest BCUT2D eigenvalue weighted by molar-refractivity contribution is 6.31. The Morgan fingerprint density at radius 3 is 2.67 bits per heavy atom. The van der Waals surface area contributed by atoms with Crippen molar-refractivity contribution < 1.29 is 8.78 Å². The topological polar surface area (TPSA) is 30.9 Å². The average molecular weight is 307 g/mol. The summed E-state index contributed by atoms with van der Waals surface area (Å²) in [5.74, 6) is -1.67. The van der Waals surface area contributed by atoms with Crippen LogP contribution in [0.1, 0.15) is 11.1 Å². The molecule has 21 heavy (non-hydrogen) atoms. The maximum Gasteiger partial charge on any atom is 0.163 e. The summed E-state index contributed by atoms with van der Waals surface area (Å²) in [4.78, 5) is 0. The lowest BCUT2D eigenvalue weighted by molar-refractivity contribution is 0.496. The van der Waals surface area contributed by atoms with Gasteiger partial charge >= 0.3 is 0 Å². The molecule has 2 aromatic carbocycles. The molecule has 0 saturated carbocycles. The molecule has 0 bridgehead atoms. The fourth-order valence-electron chi connectivity index (χ4n) is 2.49. The Labute approximate surface area is 125 Å². The molecule has 0 fully saturated rings. The first-order valence-electron chi connectivity index (χ1n) is 6.50. The zero-order valence-corrected chi connectivity index (χ0v) is 11.9. The van der Waals surface area contributed by atoms with Crippen molar-refractivity contribution in [2.45, 2.75) is 13.1 Å². The van der Waals surface area contributed by atoms with Crippen LogP contribution in [-0.4, -0.2) is 4.57 Å². The maximum absolute atomic E-state index is 13.8. The van der Waals surface area contributed by atoms with Gasteiger partial charge < -0.3 is 10.3 Å². The van der Waals surface area contributed by atoms with Crippen molar-refractivity contribution in [3.8, 4) is 0 Å². The zero-order chi connectivity index (χ0) is 15.0. The number of fused-ring (bicyclic) bond motifs is 1. The Morgan fingerprint density at radius 2 is 1.90 bits per heavy atom. The first-order valence-corrected chi connectivity index (χ1v) is 6.88. The molecule has 0 unspecified atom stereocenters. The molecule has 0 aliphatic heterocycles. The highest BCUT2D eigenvalue weighted by atomic mass is 35.5. The van der Waals surface area contributed by atoms with Gasteiger partial charge in [-0.25, -0.2) is 8.78 Å². The largest absolute Gasteiger partial charge is 0.343 e. The van der Waals surface area contributed by atoms with Crippen LogP contribution in [0, 0.1) is 11.6 Å². The molecule has 3 aromatic rings. The molecule has 1 aromatic heterocycles. The third-order valence-electron chi connectivity index (χ3n) is 3.52. The van der Waals surface area contributed by atoms with Crippen molar-refractivity contribution in [2.75, 3.05) is 0 Å². The lowest BCUT2D eigenvalue weighted by Crippen LogP contribution is -2.02. The van der Waals surface area contributed by atoms with Crippen molar-refractivity contribution in [1.82, 2.24) is 4.57 Å². The number of hydrogen-bond acceptors (Lipinski definition) is 1. The smallest absolute Gasteiger partial charge is 0.163 e. The van der Waals surface area contributed by atoms with E-state index in [4.69, 9.17) is 17.3 Å². The summed E-state index contributed by atoms with van der Waals surface area (Å²) in [6, 6.07) is 9.64. The van der Waals surface area contributed by atoms with E-state index in [9.17, 15) is 8.78 Å². The monoisotopic (exact) mass is 306 g/mol. The lowest BCUT2D eigenvalue weighted by atomic mass is 10.2. The first-order chi connectivity index (χ1) is 10.1. The second kappa shape index (κ2) is 5.47. The molecule has 0 atom stereocenters. The Bertz CT molecular complexity index is 811. The van der Waals surface area contributed by atoms with Crippen LogP contribution in [0.2, 0.25) is 5.02 Å². The summed E-state index contributed by atoms with van der Waals surface area (Å²) in [6.45, 7) is 0.594. The predicted molar refractivity (Wildman–Crippen MR) is 80.3 cm³/mol. The zero-order valence-electron chi connectivity index (χ0n) is 11.1. The second-order valence-corrected chi connectivity index (χ2v) is 5.30. The van der Waals surface area contributed by atoms with Crippen molar-refractivity contribution in [1.29, 1.82) is 0 Å². The molecule has 0 spiro atoms. The van der Waals surface area contributed by atoms with Crippen LogP contribution in [0.15, 0.2) is 42.6 Å². The van der Waals surface area contributed by atoms with Gasteiger partial charge in [0, 0.05) is 28.7 Å². The van der Waals surface area contributed by atoms with E-state index < -0.39 is 11.6 Å². The Kier molecular flexibility index (Phi) is 3.66. The minimum absolute atomic E-state index is 0.223. The molecular weight excluding hydrogens is 294 g/mol. The van der Waals surface area contributed by atoms with Gasteiger partial charge in [-0.05, 0) is 23.8 Å². The molecule has 0 amide bonds. The first kappa shape index (κ1) is 14.0. The molecule has 5 heteroatoms. The van der Waals surface area contributed by atoms with E-state index in [1.165, 1.54) is 6.07 Å². The fourth-order valence-corrected chi connectivity index (χ4v) is 2.66. The molecule has 108 valence electrons. The van der Waals surface area contributed by atoms with Crippen LogP contribution in [0.3, 0.4) is 0 Å². The van der Waals surface area contributed by atoms with E-state index in [0.717, 1.165) is 22.5 Å². The van der Waals surface area contributed by atoms with Crippen LogP contribution in [0.5, 0.6) is 0 Å². The van der Waals surface area contributed by atoms with Gasteiger partial charge in [-0.15, -0.1) is 0 Å². The van der Waals surface area contributed by atoms with Gasteiger partial charge in [-0.3, -0.25) is 0 Å². The summed E-state index contributed by atoms with van der Waals surface area (Å²) >= 11 is 6.02. The van der Waals surface area contributed by atoms with E-state index in [2.05, 4.69) is 0 Å². The highest BCUT2D eigenvalue weighted by Gasteiger charge is 2.12. The quantitative estimate of drug-likeness (QED) is 0.776. The minimum atomic E-state index is -0.846. The van der Waals surface area contributed by atoms with Crippen LogP contribution >= 0.6 is 11.6 Å². The van der Waals surface area contributed by atoms with Crippen LogP contribution in [-0.2, 0) is 13.1 Å². The van der Waals surface area contributed by atoms with E-state index in [1.54, 1.807) is 18.2 Å². The Morgan fingerprint density at radius 1 is 1.10 bits per heavy atom. The van der Waals surface area contributed by atoms with E-state index in [1.807, 2.05) is 16.8 Å². The molecule has 3 rings (SSSR count). The standard InChI is InChI=1S/C16H13ClF2N2/c17-12-4-5-13-11(7-20)9-21(15(13)6-12)8-10-2-1-3-14(18)16(10)19/h1-6,9H,7-8,20H2. The van der Waals surface area contributed by atoms with Gasteiger partial charge in [0.05, 0.1) is 12.1 Å². The molecule has 1 heterocycles. The van der Waals surface area contributed by atoms with Gasteiger partial charge in [0.2, 0.25) is 0 Å². The summed E-state index contributed by atoms with van der Waals surface area (Å²) < 4.78 is 29.0. The fraction of sp³-hybridized carbons (Fsp3) is 0.125. The number of rotatable bonds is 3. The van der Waals surface area contributed by atoms with Gasteiger partial charge in [-0.1, -0.05) is 29.8 Å². The third-order valence-corrected chi connectivity index (χ3v) is 3.75. The van der Waals surface area contributed by atoms with E-state index >= 15 is 0 Å². The number of benzene rings is 2. The molecule has 0 saturated heterocycles. The molecule has 2 N–H and O–H groups in total. The van der Waals surface area contributed by atoms with E-state index in [-0.39, 0.29) is 12.1 Å². The SMILES string of the molecule is NCc1cn(Cc2cccc(F)c2F)c2cc(Cl)ccc12. The van der Waals surface area contributed by atoms with Crippen molar-refractivity contribution in [2.24, 2.45) is 5.73 Å². The summed E-state index contributed by atoms with van der Waals surface area (Å²) in [7, 11) is 0.